The van der Waals surface area contributed by atoms with Gasteiger partial charge in [0.05, 0.1) is 16.2 Å². The highest BCUT2D eigenvalue weighted by atomic mass is 35.5. The van der Waals surface area contributed by atoms with E-state index in [-0.39, 0.29) is 11.3 Å². The topological polar surface area (TPSA) is 55.4 Å². The highest BCUT2D eigenvalue weighted by molar-refractivity contribution is 7.91. The molecule has 1 aliphatic heterocycles. The molecule has 0 amide bonds. The molecule has 0 bridgehead atoms. The molecule has 4 nitrogen and oxygen atoms in total. The largest absolute Gasteiger partial charge is 0.381 e. The van der Waals surface area contributed by atoms with Crippen molar-refractivity contribution >= 4 is 27.1 Å². The lowest BCUT2D eigenvalue weighted by Gasteiger charge is -2.37. The summed E-state index contributed by atoms with van der Waals surface area (Å²) in [6.07, 6.45) is 1.71. The van der Waals surface area contributed by atoms with Crippen molar-refractivity contribution < 1.29 is 13.2 Å². The Balaban J connectivity index is 2.14. The monoisotopic (exact) mass is 317 g/mol. The van der Waals surface area contributed by atoms with Crippen LogP contribution >= 0.6 is 11.6 Å². The second-order valence-electron chi connectivity index (χ2n) is 5.08. The zero-order valence-electron chi connectivity index (χ0n) is 11.6. The molecule has 1 saturated heterocycles. The first-order valence-corrected chi connectivity index (χ1v) is 8.95. The van der Waals surface area contributed by atoms with Crippen LogP contribution in [0.3, 0.4) is 0 Å². The maximum absolute atomic E-state index is 11.8. The molecule has 0 atom stereocenters. The van der Waals surface area contributed by atoms with Gasteiger partial charge >= 0.3 is 0 Å². The van der Waals surface area contributed by atoms with E-state index in [1.54, 1.807) is 31.2 Å². The van der Waals surface area contributed by atoms with Crippen molar-refractivity contribution in [2.45, 2.75) is 30.2 Å². The molecule has 1 fully saturated rings. The lowest BCUT2D eigenvalue weighted by atomic mass is 9.92. The molecule has 0 aromatic heterocycles. The second kappa shape index (κ2) is 6.33. The fraction of sp³-hybridized carbons (Fsp3) is 0.571. The SMILES string of the molecule is CCS(=O)(=O)c1ccc(NC2(CCl)CCOCC2)cc1. The van der Waals surface area contributed by atoms with Gasteiger partial charge < -0.3 is 10.1 Å². The minimum Gasteiger partial charge on any atom is -0.381 e. The summed E-state index contributed by atoms with van der Waals surface area (Å²) in [5, 5.41) is 3.43. The van der Waals surface area contributed by atoms with E-state index in [1.807, 2.05) is 0 Å². The van der Waals surface area contributed by atoms with Crippen molar-refractivity contribution in [2.24, 2.45) is 0 Å². The van der Waals surface area contributed by atoms with Crippen molar-refractivity contribution in [2.75, 3.05) is 30.2 Å². The van der Waals surface area contributed by atoms with Gasteiger partial charge in [0, 0.05) is 24.8 Å². The van der Waals surface area contributed by atoms with Gasteiger partial charge in [-0.15, -0.1) is 11.6 Å². The quantitative estimate of drug-likeness (QED) is 0.848. The summed E-state index contributed by atoms with van der Waals surface area (Å²) < 4.78 is 28.9. The zero-order chi connectivity index (χ0) is 14.6. The molecule has 0 radical (unpaired) electrons. The minimum atomic E-state index is -3.14. The molecule has 0 saturated carbocycles. The molecule has 1 N–H and O–H groups in total. The van der Waals surface area contributed by atoms with Crippen molar-refractivity contribution in [3.05, 3.63) is 24.3 Å². The van der Waals surface area contributed by atoms with Gasteiger partial charge in [-0.3, -0.25) is 0 Å². The number of ether oxygens (including phenoxy) is 1. The van der Waals surface area contributed by atoms with Crippen LogP contribution in [0.5, 0.6) is 0 Å². The number of hydrogen-bond donors (Lipinski definition) is 1. The van der Waals surface area contributed by atoms with Crippen LogP contribution in [0.4, 0.5) is 5.69 Å². The van der Waals surface area contributed by atoms with Crippen LogP contribution in [0.15, 0.2) is 29.2 Å². The van der Waals surface area contributed by atoms with E-state index >= 15 is 0 Å². The summed E-state index contributed by atoms with van der Waals surface area (Å²) in [6, 6.07) is 6.88. The van der Waals surface area contributed by atoms with E-state index in [0.29, 0.717) is 24.0 Å². The summed E-state index contributed by atoms with van der Waals surface area (Å²) in [5.74, 6) is 0.619. The Labute approximate surface area is 125 Å². The Morgan fingerprint density at radius 1 is 1.25 bits per heavy atom. The highest BCUT2D eigenvalue weighted by Gasteiger charge is 2.31. The second-order valence-corrected chi connectivity index (χ2v) is 7.62. The smallest absolute Gasteiger partial charge is 0.178 e. The van der Waals surface area contributed by atoms with Gasteiger partial charge in [-0.1, -0.05) is 6.92 Å². The van der Waals surface area contributed by atoms with Crippen molar-refractivity contribution in [1.82, 2.24) is 0 Å². The average molecular weight is 318 g/mol. The van der Waals surface area contributed by atoms with Gasteiger partial charge in [-0.25, -0.2) is 8.42 Å². The lowest BCUT2D eigenvalue weighted by Crippen LogP contribution is -2.45. The number of anilines is 1. The minimum absolute atomic E-state index is 0.114. The van der Waals surface area contributed by atoms with Crippen molar-refractivity contribution in [1.29, 1.82) is 0 Å². The first-order chi connectivity index (χ1) is 9.51. The summed E-state index contributed by atoms with van der Waals surface area (Å²) in [4.78, 5) is 0.359. The van der Waals surface area contributed by atoms with Gasteiger partial charge in [0.15, 0.2) is 9.84 Å². The Hall–Kier alpha value is -0.780. The van der Waals surface area contributed by atoms with Gasteiger partial charge in [0.25, 0.3) is 0 Å². The molecule has 1 aromatic rings. The molecule has 20 heavy (non-hydrogen) atoms. The normalized spacial score (nSPS) is 18.7. The van der Waals surface area contributed by atoms with Crippen LogP contribution in [0, 0.1) is 0 Å². The molecule has 0 aliphatic carbocycles. The third kappa shape index (κ3) is 3.45. The van der Waals surface area contributed by atoms with Crippen molar-refractivity contribution in [3.63, 3.8) is 0 Å². The zero-order valence-corrected chi connectivity index (χ0v) is 13.1. The van der Waals surface area contributed by atoms with E-state index in [1.165, 1.54) is 0 Å². The lowest BCUT2D eigenvalue weighted by molar-refractivity contribution is 0.0668. The summed E-state index contributed by atoms with van der Waals surface area (Å²) >= 11 is 6.10. The Kier molecular flexibility index (Phi) is 4.94. The average Bonchev–Trinajstić information content (AvgIpc) is 2.49. The number of rotatable bonds is 5. The number of alkyl halides is 1. The van der Waals surface area contributed by atoms with Gasteiger partial charge in [0.2, 0.25) is 0 Å². The number of benzene rings is 1. The third-order valence-electron chi connectivity index (χ3n) is 3.71. The van der Waals surface area contributed by atoms with Gasteiger partial charge in [-0.05, 0) is 37.1 Å². The van der Waals surface area contributed by atoms with Crippen LogP contribution < -0.4 is 5.32 Å². The van der Waals surface area contributed by atoms with E-state index in [9.17, 15) is 8.42 Å². The highest BCUT2D eigenvalue weighted by Crippen LogP contribution is 2.28. The van der Waals surface area contributed by atoms with E-state index in [4.69, 9.17) is 16.3 Å². The van der Waals surface area contributed by atoms with E-state index in [0.717, 1.165) is 18.5 Å². The van der Waals surface area contributed by atoms with Gasteiger partial charge in [0.1, 0.15) is 0 Å². The van der Waals surface area contributed by atoms with Crippen LogP contribution in [0.25, 0.3) is 0 Å². The predicted molar refractivity (Wildman–Crippen MR) is 81.3 cm³/mol. The Morgan fingerprint density at radius 3 is 2.35 bits per heavy atom. The van der Waals surface area contributed by atoms with Crippen LogP contribution in [0.1, 0.15) is 19.8 Å². The molecule has 0 spiro atoms. The number of sulfone groups is 1. The molecule has 1 aliphatic rings. The standard InChI is InChI=1S/C14H20ClNO3S/c1-2-20(17,18)13-5-3-12(4-6-13)16-14(11-15)7-9-19-10-8-14/h3-6,16H,2,7-11H2,1H3. The van der Waals surface area contributed by atoms with Crippen LogP contribution in [-0.4, -0.2) is 38.8 Å². The summed E-state index contributed by atoms with van der Waals surface area (Å²) in [6.45, 7) is 3.04. The molecular formula is C14H20ClNO3S. The maximum Gasteiger partial charge on any atom is 0.178 e. The van der Waals surface area contributed by atoms with E-state index < -0.39 is 9.84 Å². The van der Waals surface area contributed by atoms with Crippen LogP contribution in [-0.2, 0) is 14.6 Å². The molecule has 0 unspecified atom stereocenters. The maximum atomic E-state index is 11.8. The Morgan fingerprint density at radius 2 is 1.85 bits per heavy atom. The number of halogens is 1. The third-order valence-corrected chi connectivity index (χ3v) is 5.97. The molecular weight excluding hydrogens is 298 g/mol. The fourth-order valence-corrected chi connectivity index (χ4v) is 3.49. The van der Waals surface area contributed by atoms with Gasteiger partial charge in [-0.2, -0.15) is 0 Å². The predicted octanol–water partition coefficient (Wildman–Crippen LogP) is 2.68. The van der Waals surface area contributed by atoms with Crippen LogP contribution in [0.2, 0.25) is 0 Å². The number of nitrogens with one attached hydrogen (secondary N) is 1. The summed E-state index contributed by atoms with van der Waals surface area (Å²) in [5.41, 5.74) is 0.730. The van der Waals surface area contributed by atoms with E-state index in [2.05, 4.69) is 5.32 Å². The molecule has 1 heterocycles. The molecule has 2 rings (SSSR count). The first-order valence-electron chi connectivity index (χ1n) is 6.76. The summed E-state index contributed by atoms with van der Waals surface area (Å²) in [7, 11) is -3.14. The number of hydrogen-bond acceptors (Lipinski definition) is 4. The van der Waals surface area contributed by atoms with Crippen molar-refractivity contribution in [3.8, 4) is 0 Å². The first kappa shape index (κ1) is 15.6. The Bertz CT molecular complexity index is 536. The molecule has 1 aromatic carbocycles. The molecule has 112 valence electrons. The molecule has 6 heteroatoms. The fourth-order valence-electron chi connectivity index (χ4n) is 2.27.